The van der Waals surface area contributed by atoms with Crippen molar-refractivity contribution in [2.24, 2.45) is 0 Å². The Labute approximate surface area is 166 Å². The van der Waals surface area contributed by atoms with Gasteiger partial charge in [-0.05, 0) is 43.2 Å². The van der Waals surface area contributed by atoms with Crippen molar-refractivity contribution in [2.45, 2.75) is 39.5 Å². The van der Waals surface area contributed by atoms with Crippen molar-refractivity contribution in [3.8, 4) is 5.75 Å². The first-order chi connectivity index (χ1) is 13.8. The molecule has 0 bridgehead atoms. The molecule has 0 aliphatic heterocycles. The summed E-state index contributed by atoms with van der Waals surface area (Å²) in [5.41, 5.74) is 2.14. The van der Waals surface area contributed by atoms with E-state index in [9.17, 15) is 18.4 Å². The molecule has 152 valence electrons. The molecule has 0 aliphatic carbocycles. The molecule has 1 N–H and O–H groups in total. The Morgan fingerprint density at radius 1 is 1.21 bits per heavy atom. The number of fused-ring (bicyclic) bond motifs is 1. The average Bonchev–Trinajstić information content (AvgIpc) is 2.68. The summed E-state index contributed by atoms with van der Waals surface area (Å²) in [6.07, 6.45) is 1.56. The van der Waals surface area contributed by atoms with Crippen molar-refractivity contribution in [1.29, 1.82) is 0 Å². The fraction of sp³-hybridized carbons (Fsp3) is 0.286. The highest BCUT2D eigenvalue weighted by Crippen LogP contribution is 2.19. The van der Waals surface area contributed by atoms with E-state index in [2.05, 4.69) is 15.0 Å². The fourth-order valence-corrected chi connectivity index (χ4v) is 3.05. The minimum Gasteiger partial charge on any atom is -0.435 e. The number of hydrogen-bond acceptors (Lipinski definition) is 4. The topological polar surface area (TPSA) is 73.2 Å². The van der Waals surface area contributed by atoms with Crippen LogP contribution in [0.1, 0.15) is 30.5 Å². The molecule has 29 heavy (non-hydrogen) atoms. The number of benzene rings is 2. The first kappa shape index (κ1) is 20.4. The van der Waals surface area contributed by atoms with Gasteiger partial charge in [-0.25, -0.2) is 4.98 Å². The molecule has 0 spiro atoms. The Morgan fingerprint density at radius 3 is 2.62 bits per heavy atom. The second-order valence-corrected chi connectivity index (χ2v) is 6.70. The Kier molecular flexibility index (Phi) is 6.21. The summed E-state index contributed by atoms with van der Waals surface area (Å²) >= 11 is 0. The van der Waals surface area contributed by atoms with E-state index >= 15 is 0 Å². The van der Waals surface area contributed by atoms with Gasteiger partial charge in [0.05, 0.1) is 23.3 Å². The van der Waals surface area contributed by atoms with Gasteiger partial charge < -0.3 is 10.1 Å². The summed E-state index contributed by atoms with van der Waals surface area (Å²) in [5.74, 6) is -0.178. The minimum absolute atomic E-state index is 0.0562. The zero-order chi connectivity index (χ0) is 21.0. The first-order valence-corrected chi connectivity index (χ1v) is 9.14. The van der Waals surface area contributed by atoms with Crippen molar-refractivity contribution < 1.29 is 18.3 Å². The van der Waals surface area contributed by atoms with Gasteiger partial charge >= 0.3 is 6.61 Å². The summed E-state index contributed by atoms with van der Waals surface area (Å²) in [6, 6.07) is 11.2. The van der Waals surface area contributed by atoms with Crippen LogP contribution in [0, 0.1) is 6.92 Å². The molecule has 0 aliphatic rings. The number of ether oxygens (including phenoxy) is 1. The number of carbonyl (C=O) groups is 1. The highest BCUT2D eigenvalue weighted by molar-refractivity contribution is 5.80. The summed E-state index contributed by atoms with van der Waals surface area (Å²) in [5, 5.41) is 3.35. The van der Waals surface area contributed by atoms with E-state index in [1.54, 1.807) is 31.2 Å². The first-order valence-electron chi connectivity index (χ1n) is 9.14. The number of rotatable bonds is 7. The molecule has 2 aromatic carbocycles. The number of halogens is 2. The Hall–Kier alpha value is -3.29. The molecule has 8 heteroatoms. The average molecular weight is 401 g/mol. The van der Waals surface area contributed by atoms with Crippen molar-refractivity contribution in [3.05, 3.63) is 70.3 Å². The van der Waals surface area contributed by atoms with Gasteiger partial charge in [-0.2, -0.15) is 8.78 Å². The number of nitrogens with one attached hydrogen (secondary N) is 1. The maximum atomic E-state index is 12.6. The molecule has 1 atom stereocenters. The maximum Gasteiger partial charge on any atom is 0.387 e. The lowest BCUT2D eigenvalue weighted by Gasteiger charge is -2.15. The van der Waals surface area contributed by atoms with Gasteiger partial charge in [0, 0.05) is 13.0 Å². The molecule has 1 amide bonds. The van der Waals surface area contributed by atoms with Crippen LogP contribution in [0.15, 0.2) is 53.6 Å². The van der Waals surface area contributed by atoms with Crippen LogP contribution < -0.4 is 15.6 Å². The molecular weight excluding hydrogens is 380 g/mol. The number of aromatic nitrogens is 2. The van der Waals surface area contributed by atoms with Gasteiger partial charge in [-0.3, -0.25) is 14.2 Å². The second-order valence-electron chi connectivity index (χ2n) is 6.70. The summed E-state index contributed by atoms with van der Waals surface area (Å²) in [7, 11) is 0. The zero-order valence-corrected chi connectivity index (χ0v) is 16.1. The highest BCUT2D eigenvalue weighted by Gasteiger charge is 2.12. The molecule has 0 fully saturated rings. The third-order valence-electron chi connectivity index (χ3n) is 4.62. The second kappa shape index (κ2) is 8.81. The Morgan fingerprint density at radius 2 is 1.93 bits per heavy atom. The summed E-state index contributed by atoms with van der Waals surface area (Å²) < 4.78 is 30.1. The van der Waals surface area contributed by atoms with Crippen LogP contribution in [0.4, 0.5) is 8.78 Å². The lowest BCUT2D eigenvalue weighted by Crippen LogP contribution is -2.29. The van der Waals surface area contributed by atoms with E-state index in [0.29, 0.717) is 10.9 Å². The van der Waals surface area contributed by atoms with Crippen LogP contribution in [0.25, 0.3) is 10.9 Å². The number of amides is 1. The van der Waals surface area contributed by atoms with E-state index in [1.165, 1.54) is 23.0 Å². The minimum atomic E-state index is -2.88. The van der Waals surface area contributed by atoms with E-state index in [4.69, 9.17) is 0 Å². The molecule has 1 aromatic heterocycles. The quantitative estimate of drug-likeness (QED) is 0.657. The van der Waals surface area contributed by atoms with E-state index < -0.39 is 6.61 Å². The lowest BCUT2D eigenvalue weighted by atomic mass is 10.1. The van der Waals surface area contributed by atoms with Crippen molar-refractivity contribution >= 4 is 16.8 Å². The maximum absolute atomic E-state index is 12.6. The van der Waals surface area contributed by atoms with Crippen LogP contribution >= 0.6 is 0 Å². The molecule has 1 heterocycles. The molecule has 3 rings (SSSR count). The van der Waals surface area contributed by atoms with Gasteiger partial charge in [-0.15, -0.1) is 0 Å². The van der Waals surface area contributed by atoms with Crippen LogP contribution in [-0.4, -0.2) is 22.1 Å². The molecule has 3 aromatic rings. The number of hydrogen-bond donors (Lipinski definition) is 1. The monoisotopic (exact) mass is 401 g/mol. The summed E-state index contributed by atoms with van der Waals surface area (Å²) in [6.45, 7) is 0.998. The predicted molar refractivity (Wildman–Crippen MR) is 105 cm³/mol. The molecule has 0 radical (unpaired) electrons. The van der Waals surface area contributed by atoms with Crippen molar-refractivity contribution in [2.75, 3.05) is 0 Å². The fourth-order valence-electron chi connectivity index (χ4n) is 3.05. The van der Waals surface area contributed by atoms with Gasteiger partial charge in [0.25, 0.3) is 5.56 Å². The van der Waals surface area contributed by atoms with Crippen molar-refractivity contribution in [3.63, 3.8) is 0 Å². The summed E-state index contributed by atoms with van der Waals surface area (Å²) in [4.78, 5) is 29.2. The van der Waals surface area contributed by atoms with E-state index in [-0.39, 0.29) is 36.2 Å². The van der Waals surface area contributed by atoms with Crippen LogP contribution in [-0.2, 0) is 11.3 Å². The predicted octanol–water partition coefficient (Wildman–Crippen LogP) is 3.57. The van der Waals surface area contributed by atoms with Gasteiger partial charge in [-0.1, -0.05) is 24.3 Å². The molecule has 6 nitrogen and oxygen atoms in total. The van der Waals surface area contributed by atoms with Gasteiger partial charge in [0.15, 0.2) is 0 Å². The SMILES string of the molecule is Cc1cccc2c(=O)n(CCC(=O)N[C@H](C)c3ccc(OC(F)F)cc3)cnc12. The standard InChI is InChI=1S/C21H21F2N3O3/c1-13-4-3-5-17-19(13)24-12-26(20(17)28)11-10-18(27)25-14(2)15-6-8-16(9-7-15)29-21(22)23/h3-9,12,14,21H,10-11H2,1-2H3,(H,25,27)/t14-/m1/s1. The highest BCUT2D eigenvalue weighted by atomic mass is 19.3. The van der Waals surface area contributed by atoms with E-state index in [0.717, 1.165) is 11.1 Å². The van der Waals surface area contributed by atoms with Gasteiger partial charge in [0.2, 0.25) is 5.91 Å². The number of para-hydroxylation sites is 1. The lowest BCUT2D eigenvalue weighted by molar-refractivity contribution is -0.122. The third kappa shape index (κ3) is 4.96. The number of alkyl halides is 2. The van der Waals surface area contributed by atoms with Crippen LogP contribution in [0.5, 0.6) is 5.75 Å². The van der Waals surface area contributed by atoms with Crippen LogP contribution in [0.3, 0.4) is 0 Å². The van der Waals surface area contributed by atoms with E-state index in [1.807, 2.05) is 13.0 Å². The number of nitrogens with zero attached hydrogens (tertiary/aromatic N) is 2. The molecule has 0 saturated heterocycles. The molecular formula is C21H21F2N3O3. The normalized spacial score (nSPS) is 12.2. The van der Waals surface area contributed by atoms with Crippen LogP contribution in [0.2, 0.25) is 0 Å². The van der Waals surface area contributed by atoms with Crippen molar-refractivity contribution in [1.82, 2.24) is 14.9 Å². The molecule has 0 unspecified atom stereocenters. The Balaban J connectivity index is 1.60. The number of aryl methyl sites for hydroxylation is 2. The van der Waals surface area contributed by atoms with Gasteiger partial charge in [0.1, 0.15) is 5.75 Å². The third-order valence-corrected chi connectivity index (χ3v) is 4.62. The largest absolute Gasteiger partial charge is 0.435 e. The molecule has 0 saturated carbocycles. The smallest absolute Gasteiger partial charge is 0.387 e. The number of carbonyl (C=O) groups excluding carboxylic acids is 1. The Bertz CT molecular complexity index is 1060. The zero-order valence-electron chi connectivity index (χ0n) is 16.1.